The van der Waals surface area contributed by atoms with E-state index in [-0.39, 0.29) is 11.9 Å². The lowest BCUT2D eigenvalue weighted by Crippen LogP contribution is -2.41. The molecule has 0 aliphatic carbocycles. The standard InChI is InChI=1S/C19H29N3O3S/c1-14-12-16(18(23)20-8-11-25-2)4-5-17(14)21-19(24)22-9-6-15(7-10-22)13-26-3/h4-5,12,15H,6-11,13H2,1-3H3,(H,20,23)(H,21,24). The smallest absolute Gasteiger partial charge is 0.321 e. The third-order valence-electron chi connectivity index (χ3n) is 4.63. The molecule has 2 rings (SSSR count). The van der Waals surface area contributed by atoms with Crippen LogP contribution >= 0.6 is 11.8 Å². The summed E-state index contributed by atoms with van der Waals surface area (Å²) in [6.07, 6.45) is 4.25. The first-order valence-electron chi connectivity index (χ1n) is 8.97. The topological polar surface area (TPSA) is 70.7 Å². The van der Waals surface area contributed by atoms with Gasteiger partial charge in [0.1, 0.15) is 0 Å². The summed E-state index contributed by atoms with van der Waals surface area (Å²) < 4.78 is 4.92. The minimum absolute atomic E-state index is 0.0620. The van der Waals surface area contributed by atoms with E-state index in [0.717, 1.165) is 37.2 Å². The highest BCUT2D eigenvalue weighted by molar-refractivity contribution is 7.98. The van der Waals surface area contributed by atoms with Gasteiger partial charge < -0.3 is 20.3 Å². The minimum Gasteiger partial charge on any atom is -0.383 e. The van der Waals surface area contributed by atoms with Crippen LogP contribution in [0.2, 0.25) is 0 Å². The van der Waals surface area contributed by atoms with Crippen LogP contribution in [-0.4, -0.2) is 62.2 Å². The van der Waals surface area contributed by atoms with Gasteiger partial charge in [-0.25, -0.2) is 4.79 Å². The van der Waals surface area contributed by atoms with Gasteiger partial charge in [-0.2, -0.15) is 11.8 Å². The maximum absolute atomic E-state index is 12.5. The van der Waals surface area contributed by atoms with E-state index in [9.17, 15) is 9.59 Å². The second-order valence-electron chi connectivity index (χ2n) is 6.59. The highest BCUT2D eigenvalue weighted by Crippen LogP contribution is 2.22. The van der Waals surface area contributed by atoms with Crippen molar-refractivity contribution in [2.75, 3.05) is 50.7 Å². The van der Waals surface area contributed by atoms with E-state index in [1.165, 1.54) is 5.75 Å². The van der Waals surface area contributed by atoms with Crippen LogP contribution in [0, 0.1) is 12.8 Å². The average molecular weight is 380 g/mol. The number of amides is 3. The summed E-state index contributed by atoms with van der Waals surface area (Å²) in [4.78, 5) is 26.4. The van der Waals surface area contributed by atoms with E-state index < -0.39 is 0 Å². The molecule has 0 spiro atoms. The number of hydrogen-bond acceptors (Lipinski definition) is 4. The molecule has 0 bridgehead atoms. The number of nitrogens with zero attached hydrogens (tertiary/aromatic N) is 1. The molecule has 26 heavy (non-hydrogen) atoms. The number of benzene rings is 1. The Kier molecular flexibility index (Phi) is 8.25. The summed E-state index contributed by atoms with van der Waals surface area (Å²) in [5.74, 6) is 1.74. The summed E-state index contributed by atoms with van der Waals surface area (Å²) in [7, 11) is 1.60. The number of nitrogens with one attached hydrogen (secondary N) is 2. The van der Waals surface area contributed by atoms with Gasteiger partial charge in [0.15, 0.2) is 0 Å². The fourth-order valence-corrected chi connectivity index (χ4v) is 3.85. The molecule has 1 aliphatic heterocycles. The van der Waals surface area contributed by atoms with Crippen LogP contribution in [-0.2, 0) is 4.74 Å². The zero-order valence-electron chi connectivity index (χ0n) is 15.8. The number of carbonyl (C=O) groups excluding carboxylic acids is 2. The minimum atomic E-state index is -0.140. The zero-order chi connectivity index (χ0) is 18.9. The highest BCUT2D eigenvalue weighted by atomic mass is 32.2. The van der Waals surface area contributed by atoms with Gasteiger partial charge >= 0.3 is 6.03 Å². The Morgan fingerprint density at radius 2 is 2.04 bits per heavy atom. The quantitative estimate of drug-likeness (QED) is 0.715. The van der Waals surface area contributed by atoms with Crippen molar-refractivity contribution < 1.29 is 14.3 Å². The molecule has 1 saturated heterocycles. The Bertz CT molecular complexity index is 616. The largest absolute Gasteiger partial charge is 0.383 e. The lowest BCUT2D eigenvalue weighted by molar-refractivity contribution is 0.0937. The zero-order valence-corrected chi connectivity index (χ0v) is 16.7. The first-order chi connectivity index (χ1) is 12.5. The predicted octanol–water partition coefficient (Wildman–Crippen LogP) is 2.98. The van der Waals surface area contributed by atoms with Gasteiger partial charge in [0.25, 0.3) is 5.91 Å². The molecule has 1 heterocycles. The molecular formula is C19H29N3O3S. The number of rotatable bonds is 7. The van der Waals surface area contributed by atoms with Gasteiger partial charge in [-0.05, 0) is 61.5 Å². The Morgan fingerprint density at radius 1 is 1.31 bits per heavy atom. The monoisotopic (exact) mass is 379 g/mol. The maximum atomic E-state index is 12.5. The van der Waals surface area contributed by atoms with E-state index in [4.69, 9.17) is 4.74 Å². The number of hydrogen-bond donors (Lipinski definition) is 2. The van der Waals surface area contributed by atoms with Crippen molar-refractivity contribution in [2.45, 2.75) is 19.8 Å². The van der Waals surface area contributed by atoms with Gasteiger partial charge in [-0.1, -0.05) is 0 Å². The third-order valence-corrected chi connectivity index (χ3v) is 5.43. The molecule has 6 nitrogen and oxygen atoms in total. The summed E-state index contributed by atoms with van der Waals surface area (Å²) in [6.45, 7) is 4.45. The van der Waals surface area contributed by atoms with Crippen LogP contribution in [0.4, 0.5) is 10.5 Å². The second-order valence-corrected chi connectivity index (χ2v) is 7.51. The second kappa shape index (κ2) is 10.4. The van der Waals surface area contributed by atoms with Gasteiger partial charge in [0, 0.05) is 38.0 Å². The number of ether oxygens (including phenoxy) is 1. The summed E-state index contributed by atoms with van der Waals surface area (Å²) in [6, 6.07) is 5.25. The van der Waals surface area contributed by atoms with Gasteiger partial charge in [0.2, 0.25) is 0 Å². The SMILES string of the molecule is COCCNC(=O)c1ccc(NC(=O)N2CCC(CSC)CC2)c(C)c1. The highest BCUT2D eigenvalue weighted by Gasteiger charge is 2.22. The molecule has 2 N–H and O–H groups in total. The van der Waals surface area contributed by atoms with Gasteiger partial charge in [-0.3, -0.25) is 4.79 Å². The number of aryl methyl sites for hydroxylation is 1. The van der Waals surface area contributed by atoms with Crippen LogP contribution in [0.15, 0.2) is 18.2 Å². The Labute approximate surface area is 160 Å². The number of likely N-dealkylation sites (tertiary alicyclic amines) is 1. The predicted molar refractivity (Wildman–Crippen MR) is 107 cm³/mol. The molecule has 7 heteroatoms. The molecular weight excluding hydrogens is 350 g/mol. The Hall–Kier alpha value is -1.73. The van der Waals surface area contributed by atoms with Crippen molar-refractivity contribution in [3.63, 3.8) is 0 Å². The van der Waals surface area contributed by atoms with E-state index >= 15 is 0 Å². The summed E-state index contributed by atoms with van der Waals surface area (Å²) >= 11 is 1.87. The van der Waals surface area contributed by atoms with Gasteiger partial charge in [-0.15, -0.1) is 0 Å². The molecule has 3 amide bonds. The lowest BCUT2D eigenvalue weighted by atomic mass is 9.99. The summed E-state index contributed by atoms with van der Waals surface area (Å²) in [5.41, 5.74) is 2.19. The van der Waals surface area contributed by atoms with Crippen molar-refractivity contribution >= 4 is 29.4 Å². The lowest BCUT2D eigenvalue weighted by Gasteiger charge is -2.31. The number of urea groups is 1. The van der Waals surface area contributed by atoms with E-state index in [1.807, 2.05) is 23.6 Å². The Morgan fingerprint density at radius 3 is 2.65 bits per heavy atom. The van der Waals surface area contributed by atoms with Crippen molar-refractivity contribution in [1.29, 1.82) is 0 Å². The molecule has 0 atom stereocenters. The molecule has 0 unspecified atom stereocenters. The van der Waals surface area contributed by atoms with Crippen molar-refractivity contribution in [2.24, 2.45) is 5.92 Å². The molecule has 144 valence electrons. The molecule has 1 aromatic carbocycles. The fourth-order valence-electron chi connectivity index (χ4n) is 3.05. The van der Waals surface area contributed by atoms with Crippen molar-refractivity contribution in [3.8, 4) is 0 Å². The first kappa shape index (κ1) is 20.6. The van der Waals surface area contributed by atoms with Crippen molar-refractivity contribution in [3.05, 3.63) is 29.3 Å². The molecule has 0 saturated carbocycles. The number of piperidine rings is 1. The fraction of sp³-hybridized carbons (Fsp3) is 0.579. The van der Waals surface area contributed by atoms with Crippen LogP contribution in [0.3, 0.4) is 0 Å². The normalized spacial score (nSPS) is 15.0. The number of carbonyl (C=O) groups is 2. The molecule has 0 radical (unpaired) electrons. The van der Waals surface area contributed by atoms with Gasteiger partial charge in [0.05, 0.1) is 6.61 Å². The van der Waals surface area contributed by atoms with Crippen LogP contribution in [0.1, 0.15) is 28.8 Å². The van der Waals surface area contributed by atoms with E-state index in [1.54, 1.807) is 25.3 Å². The molecule has 1 aliphatic rings. The summed E-state index contributed by atoms with van der Waals surface area (Å²) in [5, 5.41) is 5.77. The van der Waals surface area contributed by atoms with E-state index in [0.29, 0.717) is 24.6 Å². The average Bonchev–Trinajstić information content (AvgIpc) is 2.64. The molecule has 0 aromatic heterocycles. The molecule has 1 aromatic rings. The molecule has 1 fully saturated rings. The van der Waals surface area contributed by atoms with Crippen LogP contribution in [0.25, 0.3) is 0 Å². The third kappa shape index (κ3) is 5.92. The first-order valence-corrected chi connectivity index (χ1v) is 10.4. The Balaban J connectivity index is 1.89. The van der Waals surface area contributed by atoms with Crippen molar-refractivity contribution in [1.82, 2.24) is 10.2 Å². The number of anilines is 1. The maximum Gasteiger partial charge on any atom is 0.321 e. The van der Waals surface area contributed by atoms with E-state index in [2.05, 4.69) is 16.9 Å². The van der Waals surface area contributed by atoms with Crippen LogP contribution < -0.4 is 10.6 Å². The van der Waals surface area contributed by atoms with Crippen LogP contribution in [0.5, 0.6) is 0 Å². The number of thioether (sulfide) groups is 1. The number of methoxy groups -OCH3 is 1.